The molecule has 5 nitrogen and oxygen atoms in total. The highest BCUT2D eigenvalue weighted by Gasteiger charge is 2.33. The lowest BCUT2D eigenvalue weighted by atomic mass is 9.79. The molecule has 1 fully saturated rings. The maximum Gasteiger partial charge on any atom is 0.305 e. The van der Waals surface area contributed by atoms with Crippen LogP contribution >= 0.6 is 0 Å². The molecule has 1 unspecified atom stereocenters. The molecular formula is C14H26N2O3. The summed E-state index contributed by atoms with van der Waals surface area (Å²) in [6, 6.07) is -0.262. The van der Waals surface area contributed by atoms with Crippen molar-refractivity contribution in [2.24, 2.45) is 0 Å². The fourth-order valence-corrected chi connectivity index (χ4v) is 2.84. The second kappa shape index (κ2) is 7.48. The molecule has 0 aliphatic heterocycles. The zero-order chi connectivity index (χ0) is 14.3. The first-order valence-electron chi connectivity index (χ1n) is 7.21. The topological polar surface area (TPSA) is 78.4 Å². The van der Waals surface area contributed by atoms with Crippen molar-refractivity contribution >= 4 is 11.9 Å². The molecule has 1 rings (SSSR count). The number of hydrogen-bond donors (Lipinski definition) is 3. The average Bonchev–Trinajstić information content (AvgIpc) is 2.38. The number of carbonyl (C=O) groups excluding carboxylic acids is 1. The van der Waals surface area contributed by atoms with E-state index in [0.717, 1.165) is 25.7 Å². The summed E-state index contributed by atoms with van der Waals surface area (Å²) < 4.78 is 0. The molecule has 0 heterocycles. The fraction of sp³-hybridized carbons (Fsp3) is 0.857. The van der Waals surface area contributed by atoms with Crippen molar-refractivity contribution in [3.63, 3.8) is 0 Å². The van der Waals surface area contributed by atoms with Gasteiger partial charge in [0, 0.05) is 18.0 Å². The van der Waals surface area contributed by atoms with Crippen LogP contribution in [0.5, 0.6) is 0 Å². The van der Waals surface area contributed by atoms with Gasteiger partial charge in [-0.25, -0.2) is 0 Å². The summed E-state index contributed by atoms with van der Waals surface area (Å²) in [4.78, 5) is 22.8. The summed E-state index contributed by atoms with van der Waals surface area (Å²) in [5.41, 5.74) is -0.0934. The maximum absolute atomic E-state index is 12.1. The normalized spacial score (nSPS) is 19.7. The molecule has 110 valence electrons. The molecule has 5 heteroatoms. The van der Waals surface area contributed by atoms with Crippen LogP contribution < -0.4 is 10.6 Å². The largest absolute Gasteiger partial charge is 0.481 e. The molecule has 0 bridgehead atoms. The van der Waals surface area contributed by atoms with Gasteiger partial charge in [-0.3, -0.25) is 9.59 Å². The number of carbonyl (C=O) groups is 2. The molecule has 0 aromatic carbocycles. The Balaban J connectivity index is 2.50. The number of hydrogen-bond acceptors (Lipinski definition) is 3. The Morgan fingerprint density at radius 3 is 2.37 bits per heavy atom. The van der Waals surface area contributed by atoms with Crippen LogP contribution in [0.4, 0.5) is 0 Å². The molecule has 0 aromatic heterocycles. The van der Waals surface area contributed by atoms with Crippen LogP contribution in [0.2, 0.25) is 0 Å². The summed E-state index contributed by atoms with van der Waals surface area (Å²) in [7, 11) is 1.91. The van der Waals surface area contributed by atoms with Crippen molar-refractivity contribution < 1.29 is 14.7 Å². The van der Waals surface area contributed by atoms with E-state index >= 15 is 0 Å². The smallest absolute Gasteiger partial charge is 0.305 e. The molecule has 0 radical (unpaired) electrons. The number of nitrogens with one attached hydrogen (secondary N) is 2. The minimum atomic E-state index is -0.867. The molecular weight excluding hydrogens is 244 g/mol. The van der Waals surface area contributed by atoms with Crippen molar-refractivity contribution in [1.82, 2.24) is 10.6 Å². The van der Waals surface area contributed by atoms with Gasteiger partial charge in [0.1, 0.15) is 0 Å². The quantitative estimate of drug-likeness (QED) is 0.657. The van der Waals surface area contributed by atoms with Crippen LogP contribution in [0.15, 0.2) is 0 Å². The first-order valence-corrected chi connectivity index (χ1v) is 7.21. The van der Waals surface area contributed by atoms with Crippen LogP contribution in [0.3, 0.4) is 0 Å². The summed E-state index contributed by atoms with van der Waals surface area (Å²) in [5, 5.41) is 14.9. The Hall–Kier alpha value is -1.10. The number of amides is 1. The second-order valence-electron chi connectivity index (χ2n) is 5.54. The number of aliphatic carboxylic acids is 1. The van der Waals surface area contributed by atoms with E-state index in [1.807, 2.05) is 14.0 Å². The van der Waals surface area contributed by atoms with Crippen LogP contribution in [-0.4, -0.2) is 35.6 Å². The number of rotatable bonds is 7. The van der Waals surface area contributed by atoms with Crippen LogP contribution in [0.1, 0.15) is 58.3 Å². The third kappa shape index (κ3) is 5.19. The molecule has 1 amide bonds. The fourth-order valence-electron chi connectivity index (χ4n) is 2.84. The van der Waals surface area contributed by atoms with Gasteiger partial charge in [0.2, 0.25) is 5.91 Å². The standard InChI is InChI=1S/C14H26N2O3/c1-3-11(9-13(18)19)16-12(17)10-14(15-2)7-5-4-6-8-14/h11,15H,3-10H2,1-2H3,(H,16,17)(H,18,19). The molecule has 19 heavy (non-hydrogen) atoms. The predicted molar refractivity (Wildman–Crippen MR) is 74.0 cm³/mol. The number of carboxylic acids is 1. The van der Waals surface area contributed by atoms with Gasteiger partial charge in [0.25, 0.3) is 0 Å². The lowest BCUT2D eigenvalue weighted by Crippen LogP contribution is -2.49. The lowest BCUT2D eigenvalue weighted by molar-refractivity contribution is -0.137. The van der Waals surface area contributed by atoms with Gasteiger partial charge >= 0.3 is 5.97 Å². The predicted octanol–water partition coefficient (Wildman–Crippen LogP) is 1.67. The highest BCUT2D eigenvalue weighted by Crippen LogP contribution is 2.30. The Kier molecular flexibility index (Phi) is 6.28. The third-order valence-electron chi connectivity index (χ3n) is 4.12. The minimum absolute atomic E-state index is 0.00517. The average molecular weight is 270 g/mol. The van der Waals surface area contributed by atoms with Gasteiger partial charge in [-0.2, -0.15) is 0 Å². The van der Waals surface area contributed by atoms with E-state index in [4.69, 9.17) is 5.11 Å². The van der Waals surface area contributed by atoms with E-state index in [2.05, 4.69) is 10.6 Å². The molecule has 0 aromatic rings. The molecule has 0 saturated heterocycles. The first-order chi connectivity index (χ1) is 9.01. The Morgan fingerprint density at radius 1 is 1.26 bits per heavy atom. The van der Waals surface area contributed by atoms with Crippen LogP contribution in [0, 0.1) is 0 Å². The highest BCUT2D eigenvalue weighted by molar-refractivity contribution is 5.78. The minimum Gasteiger partial charge on any atom is -0.481 e. The third-order valence-corrected chi connectivity index (χ3v) is 4.12. The Morgan fingerprint density at radius 2 is 1.89 bits per heavy atom. The summed E-state index contributed by atoms with van der Waals surface area (Å²) >= 11 is 0. The molecule has 0 spiro atoms. The second-order valence-corrected chi connectivity index (χ2v) is 5.54. The van der Waals surface area contributed by atoms with Crippen molar-refractivity contribution in [3.8, 4) is 0 Å². The van der Waals surface area contributed by atoms with Gasteiger partial charge < -0.3 is 15.7 Å². The molecule has 1 aliphatic carbocycles. The summed E-state index contributed by atoms with van der Waals surface area (Å²) in [5.74, 6) is -0.905. The monoisotopic (exact) mass is 270 g/mol. The van der Waals surface area contributed by atoms with E-state index in [-0.39, 0.29) is 23.9 Å². The SMILES string of the molecule is CCC(CC(=O)O)NC(=O)CC1(NC)CCCCC1. The lowest BCUT2D eigenvalue weighted by Gasteiger charge is -2.37. The van der Waals surface area contributed by atoms with Crippen molar-refractivity contribution in [3.05, 3.63) is 0 Å². The van der Waals surface area contributed by atoms with E-state index < -0.39 is 5.97 Å². The van der Waals surface area contributed by atoms with Crippen LogP contribution in [-0.2, 0) is 9.59 Å². The zero-order valence-corrected chi connectivity index (χ0v) is 12.0. The van der Waals surface area contributed by atoms with Crippen LogP contribution in [0.25, 0.3) is 0 Å². The van der Waals surface area contributed by atoms with Crippen molar-refractivity contribution in [1.29, 1.82) is 0 Å². The number of carboxylic acid groups (broad SMARTS) is 1. The Bertz CT molecular complexity index is 312. The van der Waals surface area contributed by atoms with Crippen molar-refractivity contribution in [2.75, 3.05) is 7.05 Å². The zero-order valence-electron chi connectivity index (χ0n) is 12.0. The Labute approximate surface area is 115 Å². The van der Waals surface area contributed by atoms with E-state index in [9.17, 15) is 9.59 Å². The molecule has 1 saturated carbocycles. The first kappa shape index (κ1) is 16.0. The van der Waals surface area contributed by atoms with Gasteiger partial charge in [-0.1, -0.05) is 26.2 Å². The van der Waals surface area contributed by atoms with Gasteiger partial charge in [0.15, 0.2) is 0 Å². The van der Waals surface area contributed by atoms with Gasteiger partial charge in [-0.05, 0) is 26.3 Å². The molecule has 3 N–H and O–H groups in total. The summed E-state index contributed by atoms with van der Waals surface area (Å²) in [6.07, 6.45) is 6.67. The maximum atomic E-state index is 12.1. The van der Waals surface area contributed by atoms with Gasteiger partial charge in [0.05, 0.1) is 6.42 Å². The van der Waals surface area contributed by atoms with E-state index in [1.54, 1.807) is 0 Å². The van der Waals surface area contributed by atoms with E-state index in [1.165, 1.54) is 6.42 Å². The highest BCUT2D eigenvalue weighted by atomic mass is 16.4. The van der Waals surface area contributed by atoms with Gasteiger partial charge in [-0.15, -0.1) is 0 Å². The summed E-state index contributed by atoms with van der Waals surface area (Å²) in [6.45, 7) is 1.89. The van der Waals surface area contributed by atoms with Crippen molar-refractivity contribution in [2.45, 2.75) is 69.9 Å². The molecule has 1 atom stereocenters. The molecule has 1 aliphatic rings. The van der Waals surface area contributed by atoms with E-state index in [0.29, 0.717) is 12.8 Å².